The van der Waals surface area contributed by atoms with Crippen molar-refractivity contribution in [1.29, 1.82) is 0 Å². The second kappa shape index (κ2) is 7.61. The Bertz CT molecular complexity index is 1020. The van der Waals surface area contributed by atoms with Crippen molar-refractivity contribution in [3.8, 4) is 5.75 Å². The van der Waals surface area contributed by atoms with Crippen LogP contribution in [0, 0.1) is 29.1 Å². The predicted molar refractivity (Wildman–Crippen MR) is 120 cm³/mol. The van der Waals surface area contributed by atoms with Crippen molar-refractivity contribution in [3.05, 3.63) is 36.0 Å². The molecule has 6 rings (SSSR count). The lowest BCUT2D eigenvalue weighted by Gasteiger charge is -2.58. The number of ketones is 1. The van der Waals surface area contributed by atoms with Crippen LogP contribution in [0.25, 0.3) is 10.9 Å². The average Bonchev–Trinajstić information content (AvgIpc) is 2.75. The number of pyridine rings is 1. The van der Waals surface area contributed by atoms with E-state index >= 15 is 0 Å². The summed E-state index contributed by atoms with van der Waals surface area (Å²) in [4.78, 5) is 30.2. The van der Waals surface area contributed by atoms with Crippen molar-refractivity contribution in [1.82, 2.24) is 4.98 Å². The van der Waals surface area contributed by atoms with Crippen molar-refractivity contribution in [2.75, 3.05) is 0 Å². The van der Waals surface area contributed by atoms with Gasteiger partial charge in [0.05, 0.1) is 6.10 Å². The molecule has 164 valence electrons. The van der Waals surface area contributed by atoms with Crippen molar-refractivity contribution in [3.63, 3.8) is 0 Å². The number of fused-ring (bicyclic) bond motifs is 1. The third-order valence-corrected chi connectivity index (χ3v) is 8.28. The molecule has 4 saturated carbocycles. The summed E-state index contributed by atoms with van der Waals surface area (Å²) in [5.74, 6) is 2.54. The number of carbonyl (C=O) groups excluding carboxylic acids is 2. The van der Waals surface area contributed by atoms with Crippen LogP contribution in [0.1, 0.15) is 69.3 Å². The van der Waals surface area contributed by atoms with Gasteiger partial charge < -0.3 is 10.5 Å². The molecule has 3 unspecified atom stereocenters. The van der Waals surface area contributed by atoms with E-state index in [0.29, 0.717) is 35.8 Å². The van der Waals surface area contributed by atoms with Crippen LogP contribution in [0.15, 0.2) is 30.3 Å². The highest BCUT2D eigenvalue weighted by molar-refractivity contribution is 5.97. The van der Waals surface area contributed by atoms with Gasteiger partial charge in [0, 0.05) is 17.2 Å². The molecule has 1 aromatic heterocycles. The molecule has 1 aromatic carbocycles. The van der Waals surface area contributed by atoms with E-state index < -0.39 is 0 Å². The van der Waals surface area contributed by atoms with Gasteiger partial charge in [-0.1, -0.05) is 25.1 Å². The van der Waals surface area contributed by atoms with E-state index in [1.807, 2.05) is 37.3 Å². The Morgan fingerprint density at radius 1 is 1.16 bits per heavy atom. The molecule has 4 aliphatic rings. The van der Waals surface area contributed by atoms with E-state index in [1.54, 1.807) is 0 Å². The van der Waals surface area contributed by atoms with Crippen LogP contribution >= 0.6 is 0 Å². The number of primary amides is 1. The Balaban J connectivity index is 1.38. The fourth-order valence-electron chi connectivity index (χ4n) is 6.75. The normalized spacial score (nSPS) is 32.2. The Morgan fingerprint density at radius 3 is 2.58 bits per heavy atom. The first-order chi connectivity index (χ1) is 14.9. The lowest BCUT2D eigenvalue weighted by Crippen LogP contribution is -2.56. The lowest BCUT2D eigenvalue weighted by atomic mass is 9.45. The molecule has 0 saturated heterocycles. The van der Waals surface area contributed by atoms with Gasteiger partial charge in [-0.15, -0.1) is 0 Å². The maximum Gasteiger partial charge on any atom is 0.223 e. The van der Waals surface area contributed by atoms with Crippen LogP contribution in [-0.4, -0.2) is 22.8 Å². The monoisotopic (exact) mass is 420 g/mol. The van der Waals surface area contributed by atoms with E-state index in [4.69, 9.17) is 15.5 Å². The summed E-state index contributed by atoms with van der Waals surface area (Å²) >= 11 is 0. The molecule has 4 fully saturated rings. The molecule has 5 nitrogen and oxygen atoms in total. The minimum atomic E-state index is -0.306. The number of carbonyl (C=O) groups is 2. The predicted octanol–water partition coefficient (Wildman–Crippen LogP) is 4.91. The Kier molecular flexibility index (Phi) is 5.03. The molecular weight excluding hydrogens is 388 g/mol. The molecule has 0 radical (unpaired) electrons. The zero-order valence-corrected chi connectivity index (χ0v) is 18.5. The molecule has 4 bridgehead atoms. The number of aromatic nitrogens is 1. The first kappa shape index (κ1) is 20.5. The van der Waals surface area contributed by atoms with Gasteiger partial charge >= 0.3 is 0 Å². The van der Waals surface area contributed by atoms with Crippen LogP contribution in [0.2, 0.25) is 0 Å². The van der Waals surface area contributed by atoms with E-state index in [-0.39, 0.29) is 23.2 Å². The Morgan fingerprint density at radius 2 is 1.90 bits per heavy atom. The summed E-state index contributed by atoms with van der Waals surface area (Å²) in [5, 5.41) is 0.982. The first-order valence-electron chi connectivity index (χ1n) is 11.8. The molecule has 4 aliphatic carbocycles. The molecule has 1 amide bonds. The number of nitrogens with two attached hydrogens (primary N) is 1. The zero-order chi connectivity index (χ0) is 21.8. The van der Waals surface area contributed by atoms with Crippen LogP contribution in [0.4, 0.5) is 0 Å². The number of amides is 1. The summed E-state index contributed by atoms with van der Waals surface area (Å²) in [6.07, 6.45) is 6.50. The quantitative estimate of drug-likeness (QED) is 0.645. The van der Waals surface area contributed by atoms with Gasteiger partial charge in [-0.2, -0.15) is 0 Å². The van der Waals surface area contributed by atoms with E-state index in [9.17, 15) is 9.59 Å². The summed E-state index contributed by atoms with van der Waals surface area (Å²) in [5.41, 5.74) is 6.78. The summed E-state index contributed by atoms with van der Waals surface area (Å²) in [6, 6.07) is 9.71. The van der Waals surface area contributed by atoms with Gasteiger partial charge in [0.2, 0.25) is 5.91 Å². The third-order valence-electron chi connectivity index (χ3n) is 8.28. The minimum Gasteiger partial charge on any atom is -0.488 e. The molecule has 0 aliphatic heterocycles. The van der Waals surface area contributed by atoms with E-state index in [1.165, 1.54) is 0 Å². The molecule has 0 spiro atoms. The van der Waals surface area contributed by atoms with Crippen LogP contribution in [0.5, 0.6) is 5.75 Å². The molecular formula is C26H32N2O3. The standard InChI is InChI=1S/C26H32N2O3/c1-3-15(2)31-23-6-4-5-17-7-8-21(28-24(17)23)22(29)11-20-18-9-16-10-19(20)14-26(12-16,13-18)25(27)30/h4-8,15-16,18-20H,3,9-14H2,1-2H3,(H2,27,30). The number of Topliss-reactive ketones (excluding diaryl/α,β-unsaturated/α-hetero) is 1. The Labute approximate surface area is 183 Å². The zero-order valence-electron chi connectivity index (χ0n) is 18.5. The number of benzene rings is 1. The van der Waals surface area contributed by atoms with Gasteiger partial charge in [-0.05, 0) is 81.3 Å². The van der Waals surface area contributed by atoms with Gasteiger partial charge in [-0.3, -0.25) is 9.59 Å². The molecule has 1 heterocycles. The summed E-state index contributed by atoms with van der Waals surface area (Å²) < 4.78 is 6.05. The lowest BCUT2D eigenvalue weighted by molar-refractivity contribution is -0.149. The highest BCUT2D eigenvalue weighted by Gasteiger charge is 2.57. The fraction of sp³-hybridized carbons (Fsp3) is 0.577. The maximum absolute atomic E-state index is 13.3. The van der Waals surface area contributed by atoms with Gasteiger partial charge in [0.15, 0.2) is 5.78 Å². The van der Waals surface area contributed by atoms with Crippen molar-refractivity contribution >= 4 is 22.6 Å². The van der Waals surface area contributed by atoms with Crippen molar-refractivity contribution < 1.29 is 14.3 Å². The smallest absolute Gasteiger partial charge is 0.223 e. The minimum absolute atomic E-state index is 0.0948. The second-order valence-electron chi connectivity index (χ2n) is 10.3. The second-order valence-corrected chi connectivity index (χ2v) is 10.3. The van der Waals surface area contributed by atoms with Gasteiger partial charge in [-0.25, -0.2) is 4.98 Å². The number of para-hydroxylation sites is 1. The number of hydrogen-bond donors (Lipinski definition) is 1. The van der Waals surface area contributed by atoms with E-state index in [2.05, 4.69) is 6.92 Å². The molecule has 5 heteroatoms. The molecule has 2 aromatic rings. The van der Waals surface area contributed by atoms with Crippen molar-refractivity contribution in [2.24, 2.45) is 34.8 Å². The molecule has 3 atom stereocenters. The first-order valence-corrected chi connectivity index (χ1v) is 11.8. The van der Waals surface area contributed by atoms with Crippen LogP contribution in [0.3, 0.4) is 0 Å². The summed E-state index contributed by atoms with van der Waals surface area (Å²) in [6.45, 7) is 4.13. The van der Waals surface area contributed by atoms with Crippen molar-refractivity contribution in [2.45, 2.75) is 64.9 Å². The number of nitrogens with zero attached hydrogens (tertiary/aromatic N) is 1. The van der Waals surface area contributed by atoms with Crippen LogP contribution < -0.4 is 10.5 Å². The fourth-order valence-corrected chi connectivity index (χ4v) is 6.75. The number of rotatable bonds is 7. The summed E-state index contributed by atoms with van der Waals surface area (Å²) in [7, 11) is 0. The number of hydrogen-bond acceptors (Lipinski definition) is 4. The SMILES string of the molecule is CCC(C)Oc1cccc2ccc(C(=O)CC3C4CC5CC3CC(C(N)=O)(C5)C4)nc12. The van der Waals surface area contributed by atoms with Crippen LogP contribution in [-0.2, 0) is 4.79 Å². The molecule has 2 N–H and O–H groups in total. The Hall–Kier alpha value is -2.43. The maximum atomic E-state index is 13.3. The van der Waals surface area contributed by atoms with Gasteiger partial charge in [0.1, 0.15) is 17.0 Å². The average molecular weight is 421 g/mol. The third kappa shape index (κ3) is 3.52. The largest absolute Gasteiger partial charge is 0.488 e. The van der Waals surface area contributed by atoms with E-state index in [0.717, 1.165) is 55.2 Å². The molecule has 31 heavy (non-hydrogen) atoms. The highest BCUT2D eigenvalue weighted by atomic mass is 16.5. The highest BCUT2D eigenvalue weighted by Crippen LogP contribution is 2.62. The topological polar surface area (TPSA) is 82.3 Å². The van der Waals surface area contributed by atoms with Gasteiger partial charge in [0.25, 0.3) is 0 Å². The number of ether oxygens (including phenoxy) is 1.